The molecule has 0 aliphatic heterocycles. The molecule has 1 amide bonds. The van der Waals surface area contributed by atoms with Crippen LogP contribution in [0.5, 0.6) is 0 Å². The summed E-state index contributed by atoms with van der Waals surface area (Å²) in [5.74, 6) is 0.711. The third kappa shape index (κ3) is 4.20. The Morgan fingerprint density at radius 1 is 1.13 bits per heavy atom. The van der Waals surface area contributed by atoms with Crippen molar-refractivity contribution < 1.29 is 9.21 Å². The zero-order valence-corrected chi connectivity index (χ0v) is 13.1. The molecule has 3 rings (SSSR count). The maximum absolute atomic E-state index is 12.0. The van der Waals surface area contributed by atoms with Crippen LogP contribution in [0.25, 0.3) is 11.3 Å². The summed E-state index contributed by atoms with van der Waals surface area (Å²) >= 11 is 5.83. The predicted octanol–water partition coefficient (Wildman–Crippen LogP) is 3.85. The molecule has 0 radical (unpaired) electrons. The zero-order valence-electron chi connectivity index (χ0n) is 12.3. The summed E-state index contributed by atoms with van der Waals surface area (Å²) in [6, 6.07) is 12.9. The van der Waals surface area contributed by atoms with Gasteiger partial charge < -0.3 is 9.73 Å². The zero-order chi connectivity index (χ0) is 16.1. The van der Waals surface area contributed by atoms with Crippen LogP contribution in [0, 0.1) is 0 Å². The van der Waals surface area contributed by atoms with Crippen LogP contribution < -0.4 is 5.32 Å². The third-order valence-electron chi connectivity index (χ3n) is 3.37. The van der Waals surface area contributed by atoms with E-state index in [1.54, 1.807) is 30.8 Å². The number of benzene rings is 1. The van der Waals surface area contributed by atoms with E-state index in [1.165, 1.54) is 0 Å². The van der Waals surface area contributed by atoms with E-state index in [4.69, 9.17) is 16.0 Å². The number of amides is 1. The molecule has 1 N–H and O–H groups in total. The first-order valence-electron chi connectivity index (χ1n) is 7.19. The van der Waals surface area contributed by atoms with Crippen molar-refractivity contribution in [1.82, 2.24) is 10.3 Å². The predicted molar refractivity (Wildman–Crippen MR) is 88.9 cm³/mol. The Morgan fingerprint density at radius 2 is 1.96 bits per heavy atom. The molecule has 116 valence electrons. The van der Waals surface area contributed by atoms with Crippen LogP contribution in [0.1, 0.15) is 11.1 Å². The highest BCUT2D eigenvalue weighted by Gasteiger charge is 2.06. The van der Waals surface area contributed by atoms with Crippen molar-refractivity contribution in [3.63, 3.8) is 0 Å². The van der Waals surface area contributed by atoms with E-state index in [0.717, 1.165) is 22.5 Å². The van der Waals surface area contributed by atoms with E-state index in [2.05, 4.69) is 10.3 Å². The SMILES string of the molecule is O=C(Cc1ccc(Cl)cc1)NCc1cncc(-c2ccco2)c1. The van der Waals surface area contributed by atoms with Gasteiger partial charge in [-0.05, 0) is 41.5 Å². The van der Waals surface area contributed by atoms with Gasteiger partial charge in [0.2, 0.25) is 5.91 Å². The molecule has 4 nitrogen and oxygen atoms in total. The molecule has 0 bridgehead atoms. The molecule has 0 saturated carbocycles. The Morgan fingerprint density at radius 3 is 2.70 bits per heavy atom. The lowest BCUT2D eigenvalue weighted by molar-refractivity contribution is -0.120. The van der Waals surface area contributed by atoms with E-state index in [9.17, 15) is 4.79 Å². The molecule has 0 fully saturated rings. The lowest BCUT2D eigenvalue weighted by atomic mass is 10.1. The first kappa shape index (κ1) is 15.3. The number of nitrogens with one attached hydrogen (secondary N) is 1. The summed E-state index contributed by atoms with van der Waals surface area (Å²) in [7, 11) is 0. The minimum atomic E-state index is -0.0456. The summed E-state index contributed by atoms with van der Waals surface area (Å²) in [4.78, 5) is 16.2. The Balaban J connectivity index is 1.58. The molecule has 0 spiro atoms. The quantitative estimate of drug-likeness (QED) is 0.774. The molecule has 5 heteroatoms. The number of hydrogen-bond acceptors (Lipinski definition) is 3. The van der Waals surface area contributed by atoms with Crippen LogP contribution >= 0.6 is 11.6 Å². The van der Waals surface area contributed by atoms with E-state index in [1.807, 2.05) is 30.3 Å². The van der Waals surface area contributed by atoms with Crippen LogP contribution in [0.15, 0.2) is 65.5 Å². The van der Waals surface area contributed by atoms with Gasteiger partial charge in [-0.1, -0.05) is 23.7 Å². The molecular formula is C18H15ClN2O2. The fourth-order valence-corrected chi connectivity index (χ4v) is 2.34. The second kappa shape index (κ2) is 7.11. The van der Waals surface area contributed by atoms with Gasteiger partial charge in [0.1, 0.15) is 5.76 Å². The van der Waals surface area contributed by atoms with Gasteiger partial charge >= 0.3 is 0 Å². The van der Waals surface area contributed by atoms with Gasteiger partial charge in [0, 0.05) is 29.5 Å². The van der Waals surface area contributed by atoms with Gasteiger partial charge in [0.05, 0.1) is 12.7 Å². The Hall–Kier alpha value is -2.59. The Labute approximate surface area is 139 Å². The molecule has 0 atom stereocenters. The van der Waals surface area contributed by atoms with Gasteiger partial charge in [-0.3, -0.25) is 9.78 Å². The second-order valence-corrected chi connectivity index (χ2v) is 5.58. The number of halogens is 1. The monoisotopic (exact) mass is 326 g/mol. The average Bonchev–Trinajstić information content (AvgIpc) is 3.10. The van der Waals surface area contributed by atoms with Crippen molar-refractivity contribution in [3.05, 3.63) is 77.3 Å². The van der Waals surface area contributed by atoms with Crippen molar-refractivity contribution >= 4 is 17.5 Å². The first-order chi connectivity index (χ1) is 11.2. The van der Waals surface area contributed by atoms with Crippen LogP contribution in [0.2, 0.25) is 5.02 Å². The molecule has 0 aliphatic carbocycles. The van der Waals surface area contributed by atoms with Crippen LogP contribution in [0.4, 0.5) is 0 Å². The van der Waals surface area contributed by atoms with Gasteiger partial charge in [-0.15, -0.1) is 0 Å². The lowest BCUT2D eigenvalue weighted by Gasteiger charge is -2.06. The number of carbonyl (C=O) groups is 1. The molecule has 3 aromatic rings. The number of furan rings is 1. The molecule has 23 heavy (non-hydrogen) atoms. The van der Waals surface area contributed by atoms with Crippen LogP contribution in [-0.4, -0.2) is 10.9 Å². The van der Waals surface area contributed by atoms with Crippen LogP contribution in [-0.2, 0) is 17.8 Å². The fourth-order valence-electron chi connectivity index (χ4n) is 2.21. The van der Waals surface area contributed by atoms with E-state index >= 15 is 0 Å². The van der Waals surface area contributed by atoms with E-state index in [0.29, 0.717) is 18.0 Å². The van der Waals surface area contributed by atoms with Gasteiger partial charge in [-0.25, -0.2) is 0 Å². The lowest BCUT2D eigenvalue weighted by Crippen LogP contribution is -2.24. The number of hydrogen-bond donors (Lipinski definition) is 1. The van der Waals surface area contributed by atoms with E-state index < -0.39 is 0 Å². The smallest absolute Gasteiger partial charge is 0.224 e. The molecule has 1 aromatic carbocycles. The van der Waals surface area contributed by atoms with Crippen molar-refractivity contribution in [3.8, 4) is 11.3 Å². The fraction of sp³-hybridized carbons (Fsp3) is 0.111. The number of rotatable bonds is 5. The number of pyridine rings is 1. The summed E-state index contributed by atoms with van der Waals surface area (Å²) in [5, 5.41) is 3.55. The highest BCUT2D eigenvalue weighted by molar-refractivity contribution is 6.30. The summed E-state index contributed by atoms with van der Waals surface area (Å²) in [6.07, 6.45) is 5.41. The topological polar surface area (TPSA) is 55.1 Å². The molecule has 0 aliphatic rings. The van der Waals surface area contributed by atoms with Crippen molar-refractivity contribution in [2.24, 2.45) is 0 Å². The van der Waals surface area contributed by atoms with Crippen molar-refractivity contribution in [2.75, 3.05) is 0 Å². The summed E-state index contributed by atoms with van der Waals surface area (Å²) < 4.78 is 5.35. The Kier molecular flexibility index (Phi) is 4.74. The number of carbonyl (C=O) groups excluding carboxylic acids is 1. The standard InChI is InChI=1S/C18H15ClN2O2/c19-16-5-3-13(4-6-16)9-18(22)21-11-14-8-15(12-20-10-14)17-2-1-7-23-17/h1-8,10,12H,9,11H2,(H,21,22). The molecule has 0 unspecified atom stereocenters. The highest BCUT2D eigenvalue weighted by atomic mass is 35.5. The molecule has 2 heterocycles. The van der Waals surface area contributed by atoms with Crippen molar-refractivity contribution in [2.45, 2.75) is 13.0 Å². The highest BCUT2D eigenvalue weighted by Crippen LogP contribution is 2.19. The maximum Gasteiger partial charge on any atom is 0.224 e. The second-order valence-electron chi connectivity index (χ2n) is 5.14. The van der Waals surface area contributed by atoms with Gasteiger partial charge in [-0.2, -0.15) is 0 Å². The number of aromatic nitrogens is 1. The normalized spacial score (nSPS) is 10.5. The minimum Gasteiger partial charge on any atom is -0.464 e. The minimum absolute atomic E-state index is 0.0456. The van der Waals surface area contributed by atoms with Gasteiger partial charge in [0.15, 0.2) is 0 Å². The first-order valence-corrected chi connectivity index (χ1v) is 7.57. The van der Waals surface area contributed by atoms with Crippen LogP contribution in [0.3, 0.4) is 0 Å². The summed E-state index contributed by atoms with van der Waals surface area (Å²) in [6.45, 7) is 0.425. The largest absolute Gasteiger partial charge is 0.464 e. The molecule has 0 saturated heterocycles. The molecular weight excluding hydrogens is 312 g/mol. The summed E-state index contributed by atoms with van der Waals surface area (Å²) in [5.41, 5.74) is 2.73. The average molecular weight is 327 g/mol. The van der Waals surface area contributed by atoms with E-state index in [-0.39, 0.29) is 5.91 Å². The molecule has 2 aromatic heterocycles. The maximum atomic E-state index is 12.0. The third-order valence-corrected chi connectivity index (χ3v) is 3.62. The number of nitrogens with zero attached hydrogens (tertiary/aromatic N) is 1. The van der Waals surface area contributed by atoms with Crippen molar-refractivity contribution in [1.29, 1.82) is 0 Å². The Bertz CT molecular complexity index is 783. The van der Waals surface area contributed by atoms with Gasteiger partial charge in [0.25, 0.3) is 0 Å².